The van der Waals surface area contributed by atoms with Crippen LogP contribution in [0.1, 0.15) is 32.8 Å². The fraction of sp³-hybridized carbons (Fsp3) is 0.588. The van der Waals surface area contributed by atoms with E-state index in [1.807, 2.05) is 39.0 Å². The Morgan fingerprint density at radius 2 is 2.05 bits per heavy atom. The van der Waals surface area contributed by atoms with Crippen LogP contribution in [0.5, 0.6) is 0 Å². The van der Waals surface area contributed by atoms with Gasteiger partial charge in [0.15, 0.2) is 0 Å². The highest BCUT2D eigenvalue weighted by molar-refractivity contribution is 5.68. The molecule has 2 fully saturated rings. The van der Waals surface area contributed by atoms with Gasteiger partial charge in [0, 0.05) is 13.0 Å². The summed E-state index contributed by atoms with van der Waals surface area (Å²) in [7, 11) is 0. The summed E-state index contributed by atoms with van der Waals surface area (Å²) in [5.41, 5.74) is 0.180. The molecule has 2 atom stereocenters. The van der Waals surface area contributed by atoms with Gasteiger partial charge in [-0.25, -0.2) is 4.79 Å². The molecular weight excluding hydrogens is 282 g/mol. The number of hydrogen-bond donors (Lipinski definition) is 0. The normalized spacial score (nSPS) is 28.3. The molecule has 0 saturated carbocycles. The lowest BCUT2D eigenvalue weighted by Crippen LogP contribution is -2.54. The van der Waals surface area contributed by atoms with E-state index in [1.165, 1.54) is 0 Å². The molecule has 5 nitrogen and oxygen atoms in total. The number of likely N-dealkylation sites (tertiary alicyclic amines) is 1. The third kappa shape index (κ3) is 2.83. The molecule has 120 valence electrons. The summed E-state index contributed by atoms with van der Waals surface area (Å²) in [6.07, 6.45) is 0.266. The predicted octanol–water partition coefficient (Wildman–Crippen LogP) is 2.90. The third-order valence-electron chi connectivity index (χ3n) is 4.16. The second kappa shape index (κ2) is 5.56. The number of carbonyl (C=O) groups excluding carboxylic acids is 1. The fourth-order valence-electron chi connectivity index (χ4n) is 3.10. The van der Waals surface area contributed by atoms with Gasteiger partial charge in [-0.1, -0.05) is 30.3 Å². The highest BCUT2D eigenvalue weighted by Crippen LogP contribution is 2.42. The van der Waals surface area contributed by atoms with Gasteiger partial charge in [-0.2, -0.15) is 0 Å². The Bertz CT molecular complexity index is 539. The average molecular weight is 305 g/mol. The Morgan fingerprint density at radius 1 is 1.32 bits per heavy atom. The second-order valence-corrected chi connectivity index (χ2v) is 6.85. The van der Waals surface area contributed by atoms with Gasteiger partial charge in [0.2, 0.25) is 0 Å². The van der Waals surface area contributed by atoms with Crippen LogP contribution < -0.4 is 0 Å². The standard InChI is InChI=1S/C17H23NO4/c1-16(2,3)22-15(19)18-10-9-17(13-7-5-4-6-8-13)14(11-18)20-12-21-17/h4-8,14H,9-12H2,1-3H3/t14-,17-/m1/s1. The maximum absolute atomic E-state index is 12.3. The molecule has 0 spiro atoms. The first-order valence-electron chi connectivity index (χ1n) is 7.70. The summed E-state index contributed by atoms with van der Waals surface area (Å²) in [4.78, 5) is 14.0. The molecule has 2 aliphatic rings. The molecule has 0 bridgehead atoms. The van der Waals surface area contributed by atoms with E-state index < -0.39 is 11.2 Å². The number of nitrogens with zero attached hydrogens (tertiary/aromatic N) is 1. The van der Waals surface area contributed by atoms with E-state index in [1.54, 1.807) is 4.90 Å². The molecular formula is C17H23NO4. The predicted molar refractivity (Wildman–Crippen MR) is 81.4 cm³/mol. The van der Waals surface area contributed by atoms with Crippen molar-refractivity contribution in [2.75, 3.05) is 19.9 Å². The zero-order valence-electron chi connectivity index (χ0n) is 13.4. The summed E-state index contributed by atoms with van der Waals surface area (Å²) >= 11 is 0. The monoisotopic (exact) mass is 305 g/mol. The molecule has 5 heteroatoms. The Morgan fingerprint density at radius 3 is 2.73 bits per heavy atom. The van der Waals surface area contributed by atoms with E-state index in [0.29, 0.717) is 19.5 Å². The van der Waals surface area contributed by atoms with Crippen LogP contribution >= 0.6 is 0 Å². The van der Waals surface area contributed by atoms with Crippen LogP contribution in [0.3, 0.4) is 0 Å². The van der Waals surface area contributed by atoms with Crippen molar-refractivity contribution in [3.63, 3.8) is 0 Å². The minimum Gasteiger partial charge on any atom is -0.444 e. The Balaban J connectivity index is 1.76. The molecule has 0 unspecified atom stereocenters. The molecule has 0 radical (unpaired) electrons. The van der Waals surface area contributed by atoms with Crippen LogP contribution in [0.2, 0.25) is 0 Å². The lowest BCUT2D eigenvalue weighted by Gasteiger charge is -2.42. The highest BCUT2D eigenvalue weighted by Gasteiger charge is 2.51. The minimum atomic E-state index is -0.488. The first-order valence-corrected chi connectivity index (χ1v) is 7.70. The fourth-order valence-corrected chi connectivity index (χ4v) is 3.10. The number of piperidine rings is 1. The molecule has 1 amide bonds. The van der Waals surface area contributed by atoms with E-state index in [0.717, 1.165) is 5.56 Å². The first kappa shape index (κ1) is 15.3. The SMILES string of the molecule is CC(C)(C)OC(=O)N1CC[C@]2(c3ccccc3)OCO[C@@H]2C1. The maximum atomic E-state index is 12.3. The topological polar surface area (TPSA) is 48.0 Å². The van der Waals surface area contributed by atoms with Crippen molar-refractivity contribution < 1.29 is 19.0 Å². The quantitative estimate of drug-likeness (QED) is 0.800. The van der Waals surface area contributed by atoms with E-state index in [9.17, 15) is 4.79 Å². The van der Waals surface area contributed by atoms with Crippen LogP contribution in [0, 0.1) is 0 Å². The molecule has 0 N–H and O–H groups in total. The molecule has 2 aliphatic heterocycles. The Hall–Kier alpha value is -1.59. The largest absolute Gasteiger partial charge is 0.444 e. The van der Waals surface area contributed by atoms with Gasteiger partial charge >= 0.3 is 6.09 Å². The van der Waals surface area contributed by atoms with Crippen LogP contribution in [-0.2, 0) is 19.8 Å². The average Bonchev–Trinajstić information content (AvgIpc) is 2.90. The van der Waals surface area contributed by atoms with Crippen molar-refractivity contribution >= 4 is 6.09 Å². The lowest BCUT2D eigenvalue weighted by atomic mass is 9.82. The molecule has 1 aromatic rings. The number of hydrogen-bond acceptors (Lipinski definition) is 4. The maximum Gasteiger partial charge on any atom is 0.410 e. The molecule has 1 aromatic carbocycles. The Labute approximate surface area is 131 Å². The zero-order valence-corrected chi connectivity index (χ0v) is 13.4. The van der Waals surface area contributed by atoms with Crippen molar-refractivity contribution in [1.82, 2.24) is 4.90 Å². The number of fused-ring (bicyclic) bond motifs is 1. The molecule has 3 rings (SSSR count). The molecule has 0 aromatic heterocycles. The van der Waals surface area contributed by atoms with Gasteiger partial charge in [-0.05, 0) is 26.3 Å². The Kier molecular flexibility index (Phi) is 3.87. The van der Waals surface area contributed by atoms with E-state index in [-0.39, 0.29) is 19.0 Å². The van der Waals surface area contributed by atoms with Gasteiger partial charge in [0.1, 0.15) is 24.1 Å². The number of rotatable bonds is 1. The van der Waals surface area contributed by atoms with Gasteiger partial charge in [0.25, 0.3) is 0 Å². The molecule has 2 heterocycles. The van der Waals surface area contributed by atoms with Crippen molar-refractivity contribution in [2.45, 2.75) is 44.5 Å². The van der Waals surface area contributed by atoms with Crippen LogP contribution in [0.25, 0.3) is 0 Å². The van der Waals surface area contributed by atoms with Gasteiger partial charge in [-0.3, -0.25) is 0 Å². The first-order chi connectivity index (χ1) is 10.4. The molecule has 0 aliphatic carbocycles. The molecule has 22 heavy (non-hydrogen) atoms. The lowest BCUT2D eigenvalue weighted by molar-refractivity contribution is -0.0537. The summed E-state index contributed by atoms with van der Waals surface area (Å²) in [6, 6.07) is 10.1. The number of amides is 1. The summed E-state index contributed by atoms with van der Waals surface area (Å²) in [5.74, 6) is 0. The smallest absolute Gasteiger partial charge is 0.410 e. The van der Waals surface area contributed by atoms with Crippen LogP contribution in [0.15, 0.2) is 30.3 Å². The van der Waals surface area contributed by atoms with Crippen molar-refractivity contribution in [1.29, 1.82) is 0 Å². The van der Waals surface area contributed by atoms with E-state index in [2.05, 4.69) is 12.1 Å². The van der Waals surface area contributed by atoms with Crippen LogP contribution in [-0.4, -0.2) is 42.6 Å². The van der Waals surface area contributed by atoms with Gasteiger partial charge in [0.05, 0.1) is 6.54 Å². The second-order valence-electron chi connectivity index (χ2n) is 6.85. The van der Waals surface area contributed by atoms with E-state index in [4.69, 9.17) is 14.2 Å². The van der Waals surface area contributed by atoms with Gasteiger partial charge in [-0.15, -0.1) is 0 Å². The van der Waals surface area contributed by atoms with Crippen molar-refractivity contribution in [2.24, 2.45) is 0 Å². The van der Waals surface area contributed by atoms with Crippen LogP contribution in [0.4, 0.5) is 4.79 Å². The third-order valence-corrected chi connectivity index (χ3v) is 4.16. The number of benzene rings is 1. The number of ether oxygens (including phenoxy) is 3. The minimum absolute atomic E-state index is 0.156. The highest BCUT2D eigenvalue weighted by atomic mass is 16.7. The zero-order chi connectivity index (χ0) is 15.8. The van der Waals surface area contributed by atoms with E-state index >= 15 is 0 Å². The summed E-state index contributed by atoms with van der Waals surface area (Å²) in [6.45, 7) is 6.98. The van der Waals surface area contributed by atoms with Crippen molar-refractivity contribution in [3.8, 4) is 0 Å². The van der Waals surface area contributed by atoms with Crippen molar-refractivity contribution in [3.05, 3.63) is 35.9 Å². The van der Waals surface area contributed by atoms with Gasteiger partial charge < -0.3 is 19.1 Å². The summed E-state index contributed by atoms with van der Waals surface area (Å²) in [5, 5.41) is 0. The molecule has 2 saturated heterocycles. The summed E-state index contributed by atoms with van der Waals surface area (Å²) < 4.78 is 17.2. The number of carbonyl (C=O) groups is 1.